The molecule has 0 saturated carbocycles. The molecule has 4 N–H and O–H groups in total. The maximum Gasteiger partial charge on any atom is 0.314 e. The molecule has 0 bridgehead atoms. The van der Waals surface area contributed by atoms with Gasteiger partial charge in [0.05, 0.1) is 6.10 Å². The van der Waals surface area contributed by atoms with Crippen LogP contribution in [0.1, 0.15) is 26.7 Å². The first kappa shape index (κ1) is 13.3. The number of urea groups is 1. The lowest BCUT2D eigenvalue weighted by molar-refractivity contribution is 0.0490. The molecule has 0 aromatic carbocycles. The molecule has 0 aromatic heterocycles. The van der Waals surface area contributed by atoms with Gasteiger partial charge in [0.1, 0.15) is 0 Å². The molecule has 5 heteroatoms. The van der Waals surface area contributed by atoms with Gasteiger partial charge in [-0.1, -0.05) is 13.8 Å². The minimum atomic E-state index is -0.393. The van der Waals surface area contributed by atoms with Gasteiger partial charge in [0.2, 0.25) is 0 Å². The number of carbonyl (C=O) groups is 1. The van der Waals surface area contributed by atoms with Crippen molar-refractivity contribution in [1.29, 1.82) is 0 Å². The number of rotatable bonds is 4. The van der Waals surface area contributed by atoms with E-state index >= 15 is 0 Å². The first-order valence-electron chi connectivity index (χ1n) is 6.04. The third kappa shape index (κ3) is 3.35. The van der Waals surface area contributed by atoms with E-state index in [4.69, 9.17) is 5.73 Å². The number of nitrogens with two attached hydrogens (primary N) is 1. The number of nitrogens with zero attached hydrogens (tertiary/aromatic N) is 1. The Labute approximate surface area is 97.0 Å². The molecule has 0 aliphatic carbocycles. The molecule has 0 spiro atoms. The number of primary amides is 1. The predicted octanol–water partition coefficient (Wildman–Crippen LogP) is 0.136. The zero-order valence-corrected chi connectivity index (χ0v) is 10.1. The van der Waals surface area contributed by atoms with Gasteiger partial charge in [-0.05, 0) is 19.4 Å². The number of amides is 2. The molecule has 1 aliphatic heterocycles. The Balaban J connectivity index is 2.62. The van der Waals surface area contributed by atoms with Crippen molar-refractivity contribution >= 4 is 6.03 Å². The fraction of sp³-hybridized carbons (Fsp3) is 0.909. The summed E-state index contributed by atoms with van der Waals surface area (Å²) >= 11 is 0. The van der Waals surface area contributed by atoms with Crippen LogP contribution in [0.2, 0.25) is 0 Å². The van der Waals surface area contributed by atoms with Crippen molar-refractivity contribution in [3.63, 3.8) is 0 Å². The normalized spacial score (nSPS) is 27.8. The summed E-state index contributed by atoms with van der Waals surface area (Å²) in [6.07, 6.45) is 1.28. The Morgan fingerprint density at radius 3 is 2.75 bits per heavy atom. The highest BCUT2D eigenvalue weighted by atomic mass is 16.3. The maximum atomic E-state index is 11.2. The highest BCUT2D eigenvalue weighted by molar-refractivity contribution is 5.72. The number of aliphatic hydroxyl groups is 1. The molecule has 3 unspecified atom stereocenters. The molecule has 0 radical (unpaired) electrons. The number of carbonyl (C=O) groups excluding carboxylic acids is 1. The van der Waals surface area contributed by atoms with E-state index in [1.165, 1.54) is 0 Å². The van der Waals surface area contributed by atoms with Crippen molar-refractivity contribution in [3.8, 4) is 0 Å². The van der Waals surface area contributed by atoms with E-state index in [0.29, 0.717) is 13.1 Å². The lowest BCUT2D eigenvalue weighted by Gasteiger charge is -2.39. The summed E-state index contributed by atoms with van der Waals surface area (Å²) < 4.78 is 0. The third-order valence-corrected chi connectivity index (χ3v) is 3.25. The zero-order chi connectivity index (χ0) is 12.1. The van der Waals surface area contributed by atoms with Crippen LogP contribution in [0.3, 0.4) is 0 Å². The minimum absolute atomic E-state index is 0.135. The molecule has 1 rings (SSSR count). The average Bonchev–Trinajstić information content (AvgIpc) is 2.28. The van der Waals surface area contributed by atoms with Crippen LogP contribution >= 0.6 is 0 Å². The van der Waals surface area contributed by atoms with Crippen LogP contribution in [0.15, 0.2) is 0 Å². The number of hydrogen-bond donors (Lipinski definition) is 3. The average molecular weight is 229 g/mol. The van der Waals surface area contributed by atoms with Gasteiger partial charge in [-0.15, -0.1) is 0 Å². The monoisotopic (exact) mass is 229 g/mol. The molecule has 1 saturated heterocycles. The molecule has 1 fully saturated rings. The highest BCUT2D eigenvalue weighted by Crippen LogP contribution is 2.21. The molecule has 2 amide bonds. The van der Waals surface area contributed by atoms with E-state index in [9.17, 15) is 9.90 Å². The van der Waals surface area contributed by atoms with E-state index in [0.717, 1.165) is 19.4 Å². The summed E-state index contributed by atoms with van der Waals surface area (Å²) in [6.45, 7) is 6.08. The Morgan fingerprint density at radius 2 is 2.25 bits per heavy atom. The van der Waals surface area contributed by atoms with Crippen molar-refractivity contribution in [2.45, 2.75) is 38.8 Å². The fourth-order valence-electron chi connectivity index (χ4n) is 2.37. The second-order valence-electron chi connectivity index (χ2n) is 4.47. The molecule has 1 heterocycles. The van der Waals surface area contributed by atoms with Gasteiger partial charge < -0.3 is 21.1 Å². The Kier molecular flexibility index (Phi) is 5.02. The van der Waals surface area contributed by atoms with Crippen molar-refractivity contribution < 1.29 is 9.90 Å². The number of aliphatic hydroxyl groups excluding tert-OH is 1. The van der Waals surface area contributed by atoms with E-state index in [-0.39, 0.29) is 18.1 Å². The quantitative estimate of drug-likeness (QED) is 0.641. The van der Waals surface area contributed by atoms with Gasteiger partial charge in [0.25, 0.3) is 0 Å². The van der Waals surface area contributed by atoms with Gasteiger partial charge in [-0.2, -0.15) is 0 Å². The number of likely N-dealkylation sites (N-methyl/N-ethyl adjacent to an activating group) is 1. The van der Waals surface area contributed by atoms with Crippen molar-refractivity contribution in [3.05, 3.63) is 0 Å². The molecule has 3 atom stereocenters. The van der Waals surface area contributed by atoms with E-state index in [2.05, 4.69) is 5.32 Å². The summed E-state index contributed by atoms with van der Waals surface area (Å²) in [6, 6.07) is -0.145. The van der Waals surface area contributed by atoms with Crippen LogP contribution in [-0.4, -0.2) is 47.8 Å². The van der Waals surface area contributed by atoms with Gasteiger partial charge in [0.15, 0.2) is 0 Å². The van der Waals surface area contributed by atoms with Crippen molar-refractivity contribution in [1.82, 2.24) is 10.2 Å². The maximum absolute atomic E-state index is 11.2. The number of piperidine rings is 1. The molecule has 94 valence electrons. The summed E-state index contributed by atoms with van der Waals surface area (Å²) in [4.78, 5) is 12.8. The first-order valence-corrected chi connectivity index (χ1v) is 6.04. The smallest absolute Gasteiger partial charge is 0.314 e. The molecule has 16 heavy (non-hydrogen) atoms. The molecule has 0 aromatic rings. The summed E-state index contributed by atoms with van der Waals surface area (Å²) in [5.41, 5.74) is 5.31. The largest absolute Gasteiger partial charge is 0.393 e. The van der Waals surface area contributed by atoms with Crippen LogP contribution in [0.4, 0.5) is 4.79 Å². The Morgan fingerprint density at radius 1 is 1.56 bits per heavy atom. The third-order valence-electron chi connectivity index (χ3n) is 3.25. The van der Waals surface area contributed by atoms with Crippen LogP contribution in [-0.2, 0) is 0 Å². The molecule has 5 nitrogen and oxygen atoms in total. The zero-order valence-electron chi connectivity index (χ0n) is 10.1. The van der Waals surface area contributed by atoms with Crippen LogP contribution < -0.4 is 11.1 Å². The predicted molar refractivity (Wildman–Crippen MR) is 63.0 cm³/mol. The second-order valence-corrected chi connectivity index (χ2v) is 4.47. The molecular formula is C11H23N3O2. The minimum Gasteiger partial charge on any atom is -0.393 e. The highest BCUT2D eigenvalue weighted by Gasteiger charge is 2.31. The Bertz CT molecular complexity index is 235. The summed E-state index contributed by atoms with van der Waals surface area (Å²) in [5, 5.41) is 13.2. The topological polar surface area (TPSA) is 78.6 Å². The van der Waals surface area contributed by atoms with Gasteiger partial charge in [-0.25, -0.2) is 4.79 Å². The van der Waals surface area contributed by atoms with E-state index in [1.807, 2.05) is 13.8 Å². The second kappa shape index (κ2) is 6.06. The fourth-order valence-corrected chi connectivity index (χ4v) is 2.37. The molecular weight excluding hydrogens is 206 g/mol. The van der Waals surface area contributed by atoms with Crippen LogP contribution in [0.25, 0.3) is 0 Å². The summed E-state index contributed by atoms with van der Waals surface area (Å²) in [5.74, 6) is 0.135. The first-order chi connectivity index (χ1) is 7.58. The van der Waals surface area contributed by atoms with Crippen molar-refractivity contribution in [2.75, 3.05) is 19.6 Å². The van der Waals surface area contributed by atoms with Crippen LogP contribution in [0, 0.1) is 5.92 Å². The Hall–Kier alpha value is -0.810. The lowest BCUT2D eigenvalue weighted by atomic mass is 9.88. The number of hydrogen-bond acceptors (Lipinski definition) is 3. The van der Waals surface area contributed by atoms with Crippen molar-refractivity contribution in [2.24, 2.45) is 11.7 Å². The van der Waals surface area contributed by atoms with Crippen LogP contribution in [0.5, 0.6) is 0 Å². The lowest BCUT2D eigenvalue weighted by Crippen LogP contribution is -2.54. The van der Waals surface area contributed by atoms with Gasteiger partial charge >= 0.3 is 6.03 Å². The molecule has 1 aliphatic rings. The standard InChI is InChI=1S/C11H23N3O2/c1-3-10(15)8-5-9(13-4-2)7-14(6-8)11(12)16/h8-10,13,15H,3-7H2,1-2H3,(H2,12,16). The summed E-state index contributed by atoms with van der Waals surface area (Å²) in [7, 11) is 0. The van der Waals surface area contributed by atoms with E-state index < -0.39 is 6.03 Å². The van der Waals surface area contributed by atoms with Gasteiger partial charge in [0, 0.05) is 25.0 Å². The number of nitrogens with one attached hydrogen (secondary N) is 1. The number of likely N-dealkylation sites (tertiary alicyclic amines) is 1. The SMILES string of the molecule is CCNC1CC(C(O)CC)CN(C(N)=O)C1. The van der Waals surface area contributed by atoms with Gasteiger partial charge in [-0.3, -0.25) is 0 Å². The van der Waals surface area contributed by atoms with E-state index in [1.54, 1.807) is 4.90 Å².